The Morgan fingerprint density at radius 2 is 0.913 bits per heavy atom. The largest absolute Gasteiger partial charge is 0.457 e. The summed E-state index contributed by atoms with van der Waals surface area (Å²) in [6, 6.07) is 29.7. The molecule has 0 saturated heterocycles. The third-order valence-corrected chi connectivity index (χ3v) is 7.20. The summed E-state index contributed by atoms with van der Waals surface area (Å²) >= 11 is 0. The van der Waals surface area contributed by atoms with Gasteiger partial charge in [0, 0.05) is 62.8 Å². The SMILES string of the molecule is CN(Cc1ccc(Oc2ccc([N+](=O)[O-])cc2)cc1)Cc1ccncc1CN(C)Cc1ccc(Oc2ccc([N+](=O)[O-])cc2)cc1. The molecule has 46 heavy (non-hydrogen) atoms. The van der Waals surface area contributed by atoms with E-state index in [1.807, 2.05) is 60.9 Å². The van der Waals surface area contributed by atoms with Crippen molar-refractivity contribution in [3.8, 4) is 23.0 Å². The van der Waals surface area contributed by atoms with E-state index in [9.17, 15) is 20.2 Å². The van der Waals surface area contributed by atoms with Crippen LogP contribution in [0.5, 0.6) is 23.0 Å². The minimum absolute atomic E-state index is 0.0227. The summed E-state index contributed by atoms with van der Waals surface area (Å²) in [6.45, 7) is 2.95. The minimum atomic E-state index is -0.437. The molecule has 5 rings (SSSR count). The Balaban J connectivity index is 1.12. The van der Waals surface area contributed by atoms with Gasteiger partial charge in [0.25, 0.3) is 11.4 Å². The smallest absolute Gasteiger partial charge is 0.269 e. The van der Waals surface area contributed by atoms with Crippen LogP contribution in [0.15, 0.2) is 116 Å². The van der Waals surface area contributed by atoms with E-state index >= 15 is 0 Å². The van der Waals surface area contributed by atoms with E-state index in [1.54, 1.807) is 24.3 Å². The average Bonchev–Trinajstić information content (AvgIpc) is 3.04. The number of rotatable bonds is 14. The van der Waals surface area contributed by atoms with Gasteiger partial charge in [0.2, 0.25) is 0 Å². The van der Waals surface area contributed by atoms with Crippen molar-refractivity contribution in [1.29, 1.82) is 0 Å². The van der Waals surface area contributed by atoms with Gasteiger partial charge in [-0.25, -0.2) is 0 Å². The first-order valence-corrected chi connectivity index (χ1v) is 14.5. The Morgan fingerprint density at radius 3 is 1.30 bits per heavy atom. The number of hydrogen-bond acceptors (Lipinski definition) is 9. The summed E-state index contributed by atoms with van der Waals surface area (Å²) < 4.78 is 11.7. The molecule has 0 amide bonds. The van der Waals surface area contributed by atoms with Gasteiger partial charge in [-0.3, -0.25) is 35.0 Å². The maximum absolute atomic E-state index is 10.9. The van der Waals surface area contributed by atoms with Gasteiger partial charge >= 0.3 is 0 Å². The van der Waals surface area contributed by atoms with Crippen molar-refractivity contribution in [2.45, 2.75) is 26.2 Å². The molecule has 0 aliphatic heterocycles. The predicted molar refractivity (Wildman–Crippen MR) is 174 cm³/mol. The topological polar surface area (TPSA) is 124 Å². The molecule has 0 fully saturated rings. The fourth-order valence-corrected chi connectivity index (χ4v) is 4.94. The monoisotopic (exact) mass is 619 g/mol. The van der Waals surface area contributed by atoms with Gasteiger partial charge in [-0.1, -0.05) is 24.3 Å². The first-order valence-electron chi connectivity index (χ1n) is 14.5. The number of ether oxygens (including phenoxy) is 2. The fourth-order valence-electron chi connectivity index (χ4n) is 4.94. The number of benzene rings is 4. The summed E-state index contributed by atoms with van der Waals surface area (Å²) in [5.41, 5.74) is 4.66. The number of nitrogens with zero attached hydrogens (tertiary/aromatic N) is 5. The van der Waals surface area contributed by atoms with E-state index in [0.717, 1.165) is 42.9 Å². The number of nitro benzene ring substituents is 2. The Hall–Kier alpha value is -5.65. The van der Waals surface area contributed by atoms with E-state index in [0.29, 0.717) is 23.0 Å². The van der Waals surface area contributed by atoms with Crippen LogP contribution in [0.1, 0.15) is 22.3 Å². The molecule has 0 aliphatic rings. The highest BCUT2D eigenvalue weighted by Crippen LogP contribution is 2.26. The number of aromatic nitrogens is 1. The van der Waals surface area contributed by atoms with Gasteiger partial charge in [0.15, 0.2) is 0 Å². The molecule has 0 radical (unpaired) electrons. The lowest BCUT2D eigenvalue weighted by Crippen LogP contribution is -2.21. The van der Waals surface area contributed by atoms with Crippen molar-refractivity contribution in [2.24, 2.45) is 0 Å². The van der Waals surface area contributed by atoms with Crippen molar-refractivity contribution < 1.29 is 19.3 Å². The second kappa shape index (κ2) is 14.9. The van der Waals surface area contributed by atoms with Crippen LogP contribution < -0.4 is 9.47 Å². The second-order valence-corrected chi connectivity index (χ2v) is 11.0. The van der Waals surface area contributed by atoms with E-state index in [4.69, 9.17) is 9.47 Å². The molecule has 5 aromatic rings. The molecule has 0 atom stereocenters. The maximum Gasteiger partial charge on any atom is 0.269 e. The highest BCUT2D eigenvalue weighted by molar-refractivity contribution is 5.40. The third-order valence-electron chi connectivity index (χ3n) is 7.20. The molecule has 0 aliphatic carbocycles. The van der Waals surface area contributed by atoms with Gasteiger partial charge in [-0.05, 0) is 90.9 Å². The first-order chi connectivity index (χ1) is 22.2. The van der Waals surface area contributed by atoms with E-state index in [2.05, 4.69) is 34.9 Å². The molecular formula is C35H33N5O6. The van der Waals surface area contributed by atoms with Crippen LogP contribution in [0, 0.1) is 20.2 Å². The average molecular weight is 620 g/mol. The van der Waals surface area contributed by atoms with Gasteiger partial charge in [-0.2, -0.15) is 0 Å². The molecule has 0 N–H and O–H groups in total. The third kappa shape index (κ3) is 8.94. The molecule has 0 bridgehead atoms. The summed E-state index contributed by atoms with van der Waals surface area (Å²) in [5, 5.41) is 21.7. The first kappa shape index (κ1) is 31.8. The lowest BCUT2D eigenvalue weighted by Gasteiger charge is -2.22. The normalized spacial score (nSPS) is 11.0. The van der Waals surface area contributed by atoms with Crippen LogP contribution in [0.2, 0.25) is 0 Å². The number of nitro groups is 2. The van der Waals surface area contributed by atoms with E-state index < -0.39 is 9.85 Å². The molecule has 1 heterocycles. The van der Waals surface area contributed by atoms with Gasteiger partial charge in [-0.15, -0.1) is 0 Å². The highest BCUT2D eigenvalue weighted by atomic mass is 16.6. The number of pyridine rings is 1. The zero-order valence-corrected chi connectivity index (χ0v) is 25.5. The Labute approximate surface area is 266 Å². The summed E-state index contributed by atoms with van der Waals surface area (Å²) in [7, 11) is 4.15. The van der Waals surface area contributed by atoms with Crippen molar-refractivity contribution in [3.63, 3.8) is 0 Å². The van der Waals surface area contributed by atoms with E-state index in [-0.39, 0.29) is 11.4 Å². The summed E-state index contributed by atoms with van der Waals surface area (Å²) in [4.78, 5) is 29.7. The van der Waals surface area contributed by atoms with Crippen LogP contribution in [0.3, 0.4) is 0 Å². The number of hydrogen-bond donors (Lipinski definition) is 0. The quantitative estimate of drug-likeness (QED) is 0.0906. The van der Waals surface area contributed by atoms with Crippen molar-refractivity contribution in [2.75, 3.05) is 14.1 Å². The van der Waals surface area contributed by atoms with Crippen LogP contribution in [0.4, 0.5) is 11.4 Å². The Morgan fingerprint density at radius 1 is 0.543 bits per heavy atom. The minimum Gasteiger partial charge on any atom is -0.457 e. The van der Waals surface area contributed by atoms with Gasteiger partial charge in [0.1, 0.15) is 23.0 Å². The van der Waals surface area contributed by atoms with Gasteiger partial charge < -0.3 is 9.47 Å². The number of non-ortho nitro benzene ring substituents is 2. The van der Waals surface area contributed by atoms with Crippen molar-refractivity contribution in [1.82, 2.24) is 14.8 Å². The predicted octanol–water partition coefficient (Wildman–Crippen LogP) is 7.75. The molecule has 234 valence electrons. The Kier molecular flexibility index (Phi) is 10.3. The van der Waals surface area contributed by atoms with Crippen LogP contribution in [-0.2, 0) is 26.2 Å². The van der Waals surface area contributed by atoms with Gasteiger partial charge in [0.05, 0.1) is 9.85 Å². The molecule has 11 nitrogen and oxygen atoms in total. The Bertz CT molecular complexity index is 1630. The molecule has 4 aromatic carbocycles. The molecule has 0 unspecified atom stereocenters. The lowest BCUT2D eigenvalue weighted by atomic mass is 10.1. The molecular weight excluding hydrogens is 586 g/mol. The summed E-state index contributed by atoms with van der Waals surface area (Å²) in [5.74, 6) is 2.39. The second-order valence-electron chi connectivity index (χ2n) is 11.0. The fraction of sp³-hybridized carbons (Fsp3) is 0.171. The lowest BCUT2D eigenvalue weighted by molar-refractivity contribution is -0.385. The molecule has 0 spiro atoms. The molecule has 0 saturated carbocycles. The standard InChI is InChI=1S/C35H33N5O6/c1-37(22-26-3-11-32(12-4-26)45-34-15-7-30(8-16-34)39(41)42)24-28-19-20-36-21-29(28)25-38(2)23-27-5-13-33(14-6-27)46-35-17-9-31(10-18-35)40(43)44/h3-21H,22-25H2,1-2H3. The zero-order valence-electron chi connectivity index (χ0n) is 25.5. The zero-order chi connectivity index (χ0) is 32.5. The molecule has 11 heteroatoms. The van der Waals surface area contributed by atoms with Crippen LogP contribution in [0.25, 0.3) is 0 Å². The van der Waals surface area contributed by atoms with Crippen molar-refractivity contribution >= 4 is 11.4 Å². The van der Waals surface area contributed by atoms with E-state index in [1.165, 1.54) is 29.8 Å². The summed E-state index contributed by atoms with van der Waals surface area (Å²) in [6.07, 6.45) is 3.74. The maximum atomic E-state index is 10.9. The highest BCUT2D eigenvalue weighted by Gasteiger charge is 2.11. The van der Waals surface area contributed by atoms with Crippen LogP contribution >= 0.6 is 0 Å². The molecule has 1 aromatic heterocycles. The van der Waals surface area contributed by atoms with Crippen molar-refractivity contribution in [3.05, 3.63) is 158 Å². The van der Waals surface area contributed by atoms with Crippen LogP contribution in [-0.4, -0.2) is 38.7 Å².